The van der Waals surface area contributed by atoms with Crippen molar-refractivity contribution in [3.8, 4) is 0 Å². The highest BCUT2D eigenvalue weighted by Gasteiger charge is 2.18. The van der Waals surface area contributed by atoms with Gasteiger partial charge in [0.25, 0.3) is 0 Å². The van der Waals surface area contributed by atoms with Crippen LogP contribution in [-0.2, 0) is 25.9 Å². The quantitative estimate of drug-likeness (QED) is 0.298. The summed E-state index contributed by atoms with van der Waals surface area (Å²) in [5, 5.41) is 8.04. The molecule has 0 amide bonds. The second kappa shape index (κ2) is 11.3. The van der Waals surface area contributed by atoms with E-state index in [1.165, 1.54) is 22.3 Å². The molecule has 4 aromatic rings. The van der Waals surface area contributed by atoms with Crippen molar-refractivity contribution in [1.29, 1.82) is 0 Å². The van der Waals surface area contributed by atoms with Crippen molar-refractivity contribution in [3.63, 3.8) is 0 Å². The Morgan fingerprint density at radius 1 is 0.711 bits per heavy atom. The fourth-order valence-electron chi connectivity index (χ4n) is 5.16. The minimum Gasteiger partial charge on any atom is -0.339 e. The molecule has 2 aliphatic heterocycles. The molecule has 6 nitrogen and oxygen atoms in total. The molecular formula is C30H30Cl2N6. The van der Waals surface area contributed by atoms with Crippen LogP contribution in [0.2, 0.25) is 10.0 Å². The van der Waals surface area contributed by atoms with Gasteiger partial charge in [-0.15, -0.1) is 0 Å². The number of hydrogen-bond acceptors (Lipinski definition) is 6. The van der Waals surface area contributed by atoms with Gasteiger partial charge in [-0.25, -0.2) is 4.98 Å². The van der Waals surface area contributed by atoms with Gasteiger partial charge in [0.2, 0.25) is 5.95 Å². The molecule has 3 heterocycles. The topological polar surface area (TPSA) is 56.3 Å². The van der Waals surface area contributed by atoms with E-state index in [4.69, 9.17) is 23.2 Å². The molecule has 2 N–H and O–H groups in total. The third-order valence-corrected chi connectivity index (χ3v) is 7.66. The van der Waals surface area contributed by atoms with Crippen molar-refractivity contribution in [2.24, 2.45) is 0 Å². The molecule has 0 atom stereocenters. The lowest BCUT2D eigenvalue weighted by Crippen LogP contribution is -2.45. The van der Waals surface area contributed by atoms with E-state index in [2.05, 4.69) is 78.9 Å². The third-order valence-electron chi connectivity index (χ3n) is 7.14. The average molecular weight is 546 g/mol. The molecule has 8 heteroatoms. The normalized spacial score (nSPS) is 15.9. The van der Waals surface area contributed by atoms with Crippen LogP contribution >= 0.6 is 23.2 Å². The second-order valence-corrected chi connectivity index (χ2v) is 10.9. The minimum absolute atomic E-state index is 0.489. The van der Waals surface area contributed by atoms with Crippen molar-refractivity contribution in [1.82, 2.24) is 19.8 Å². The number of piperazine rings is 1. The largest absolute Gasteiger partial charge is 0.339 e. The Balaban J connectivity index is 1.19. The van der Waals surface area contributed by atoms with Gasteiger partial charge < -0.3 is 10.6 Å². The second-order valence-electron chi connectivity index (χ2n) is 10.1. The minimum atomic E-state index is 0.489. The smallest absolute Gasteiger partial charge is 0.229 e. The summed E-state index contributed by atoms with van der Waals surface area (Å²) in [6.45, 7) is 6.07. The van der Waals surface area contributed by atoms with E-state index in [0.717, 1.165) is 68.5 Å². The molecule has 0 unspecified atom stereocenters. The lowest BCUT2D eigenvalue weighted by molar-refractivity contribution is 0.122. The first-order valence-electron chi connectivity index (χ1n) is 13.0. The van der Waals surface area contributed by atoms with Crippen LogP contribution in [0.5, 0.6) is 0 Å². The molecule has 1 saturated heterocycles. The zero-order chi connectivity index (χ0) is 25.9. The SMILES string of the molecule is Clc1ccc(CN2CCN(Cc3cc4cc(c3)Nc3nc(ncc3Cl)Nc3cccc(c3)CC4)CC2)cc1. The van der Waals surface area contributed by atoms with Gasteiger partial charge in [0.15, 0.2) is 5.82 Å². The first-order chi connectivity index (χ1) is 18.6. The molecule has 0 aliphatic carbocycles. The van der Waals surface area contributed by atoms with Crippen molar-refractivity contribution in [3.05, 3.63) is 105 Å². The Bertz CT molecular complexity index is 1420. The van der Waals surface area contributed by atoms with Crippen LogP contribution < -0.4 is 10.6 Å². The fourth-order valence-corrected chi connectivity index (χ4v) is 5.42. The van der Waals surface area contributed by atoms with Gasteiger partial charge in [-0.05, 0) is 71.5 Å². The molecule has 38 heavy (non-hydrogen) atoms. The predicted octanol–water partition coefficient (Wildman–Crippen LogP) is 6.69. The van der Waals surface area contributed by atoms with Crippen LogP contribution in [-0.4, -0.2) is 45.9 Å². The van der Waals surface area contributed by atoms with E-state index in [-0.39, 0.29) is 0 Å². The monoisotopic (exact) mass is 544 g/mol. The van der Waals surface area contributed by atoms with Crippen LogP contribution in [0.25, 0.3) is 0 Å². The summed E-state index contributed by atoms with van der Waals surface area (Å²) in [7, 11) is 0. The highest BCUT2D eigenvalue weighted by molar-refractivity contribution is 6.33. The zero-order valence-electron chi connectivity index (χ0n) is 21.1. The number of aromatic nitrogens is 2. The fraction of sp³-hybridized carbons (Fsp3) is 0.267. The van der Waals surface area contributed by atoms with Gasteiger partial charge in [-0.3, -0.25) is 9.80 Å². The van der Waals surface area contributed by atoms with E-state index in [1.54, 1.807) is 6.20 Å². The van der Waals surface area contributed by atoms with E-state index in [0.29, 0.717) is 16.8 Å². The third kappa shape index (κ3) is 6.27. The molecule has 1 aromatic heterocycles. The van der Waals surface area contributed by atoms with Crippen LogP contribution in [0.3, 0.4) is 0 Å². The maximum absolute atomic E-state index is 6.47. The highest BCUT2D eigenvalue weighted by atomic mass is 35.5. The number of nitrogens with zero attached hydrogens (tertiary/aromatic N) is 4. The first kappa shape index (κ1) is 25.1. The van der Waals surface area contributed by atoms with Crippen molar-refractivity contribution in [2.45, 2.75) is 25.9 Å². The Morgan fingerprint density at radius 3 is 2.21 bits per heavy atom. The van der Waals surface area contributed by atoms with Crippen LogP contribution in [0.15, 0.2) is 72.9 Å². The maximum atomic E-state index is 6.47. The van der Waals surface area contributed by atoms with E-state index in [1.807, 2.05) is 18.2 Å². The van der Waals surface area contributed by atoms with Crippen molar-refractivity contribution < 1.29 is 0 Å². The Hall–Kier alpha value is -3.16. The first-order valence-corrected chi connectivity index (χ1v) is 13.8. The van der Waals surface area contributed by atoms with Gasteiger partial charge in [-0.1, -0.05) is 53.5 Å². The highest BCUT2D eigenvalue weighted by Crippen LogP contribution is 2.28. The Kier molecular flexibility index (Phi) is 7.47. The van der Waals surface area contributed by atoms with E-state index in [9.17, 15) is 0 Å². The number of benzene rings is 3. The van der Waals surface area contributed by atoms with E-state index >= 15 is 0 Å². The van der Waals surface area contributed by atoms with Gasteiger partial charge in [0, 0.05) is 55.7 Å². The van der Waals surface area contributed by atoms with Crippen LogP contribution in [0.1, 0.15) is 22.3 Å². The Morgan fingerprint density at radius 2 is 1.42 bits per heavy atom. The summed E-state index contributed by atoms with van der Waals surface area (Å²) < 4.78 is 0. The summed E-state index contributed by atoms with van der Waals surface area (Å²) in [5.74, 6) is 1.11. The number of anilines is 4. The molecule has 194 valence electrons. The lowest BCUT2D eigenvalue weighted by Gasteiger charge is -2.35. The molecule has 0 radical (unpaired) electrons. The van der Waals surface area contributed by atoms with Gasteiger partial charge in [-0.2, -0.15) is 4.98 Å². The summed E-state index contributed by atoms with van der Waals surface area (Å²) in [5.41, 5.74) is 7.15. The number of nitrogens with one attached hydrogen (secondary N) is 2. The number of hydrogen-bond donors (Lipinski definition) is 2. The molecule has 0 saturated carbocycles. The number of rotatable bonds is 4. The van der Waals surface area contributed by atoms with Gasteiger partial charge >= 0.3 is 0 Å². The molecule has 2 aliphatic rings. The summed E-state index contributed by atoms with van der Waals surface area (Å²) >= 11 is 12.5. The predicted molar refractivity (Wildman–Crippen MR) is 156 cm³/mol. The van der Waals surface area contributed by atoms with Crippen LogP contribution in [0.4, 0.5) is 23.1 Å². The summed E-state index contributed by atoms with van der Waals surface area (Å²) in [4.78, 5) is 14.1. The molecule has 3 aromatic carbocycles. The van der Waals surface area contributed by atoms with Crippen LogP contribution in [0, 0.1) is 0 Å². The number of fused-ring (bicyclic) bond motifs is 6. The molecule has 1 fully saturated rings. The molecule has 0 spiro atoms. The van der Waals surface area contributed by atoms with Crippen molar-refractivity contribution in [2.75, 3.05) is 36.8 Å². The average Bonchev–Trinajstić information content (AvgIpc) is 2.92. The standard InChI is InChI=1S/C30H30Cl2N6/c31-25-8-6-22(7-9-25)19-37-10-12-38(13-11-37)20-24-14-23-5-4-21-2-1-3-26(15-21)35-30-33-18-28(32)29(36-30)34-27(16-23)17-24/h1-3,6-9,14-18H,4-5,10-13,19-20H2,(H2,33,34,35,36). The van der Waals surface area contributed by atoms with Gasteiger partial charge in [0.05, 0.1) is 6.20 Å². The molecule has 6 rings (SSSR count). The molecular weight excluding hydrogens is 515 g/mol. The summed E-state index contributed by atoms with van der Waals surface area (Å²) in [6.07, 6.45) is 3.55. The number of halogens is 2. The van der Waals surface area contributed by atoms with Crippen molar-refractivity contribution >= 4 is 46.3 Å². The van der Waals surface area contributed by atoms with Gasteiger partial charge in [0.1, 0.15) is 5.02 Å². The van der Waals surface area contributed by atoms with E-state index < -0.39 is 0 Å². The maximum Gasteiger partial charge on any atom is 0.229 e. The molecule has 6 bridgehead atoms. The lowest BCUT2D eigenvalue weighted by atomic mass is 10.0. The summed E-state index contributed by atoms with van der Waals surface area (Å²) in [6, 6.07) is 23.4. The number of aryl methyl sites for hydroxylation is 2. The Labute approximate surface area is 233 Å². The zero-order valence-corrected chi connectivity index (χ0v) is 22.6.